The molecule has 0 aliphatic heterocycles. The van der Waals surface area contributed by atoms with E-state index in [9.17, 15) is 13.7 Å². The summed E-state index contributed by atoms with van der Waals surface area (Å²) in [5, 5.41) is 9.43. The van der Waals surface area contributed by atoms with Crippen molar-refractivity contribution in [2.24, 2.45) is 0 Å². The number of nitrogens with zero attached hydrogens (tertiary/aromatic N) is 2. The zero-order chi connectivity index (χ0) is 20.9. The molecule has 1 heterocycles. The second-order valence-electron chi connectivity index (χ2n) is 6.15. The van der Waals surface area contributed by atoms with Crippen molar-refractivity contribution < 1.29 is 17.3 Å². The summed E-state index contributed by atoms with van der Waals surface area (Å²) in [6, 6.07) is 18.5. The number of hydrogen-bond acceptors (Lipinski definition) is 6. The highest BCUT2D eigenvalue weighted by Gasteiger charge is 2.19. The maximum absolute atomic E-state index is 12.5. The Morgan fingerprint density at radius 3 is 2.45 bits per heavy atom. The Morgan fingerprint density at radius 1 is 1.07 bits per heavy atom. The summed E-state index contributed by atoms with van der Waals surface area (Å²) < 4.78 is 35.6. The Kier molecular flexibility index (Phi) is 5.96. The number of aryl methyl sites for hydroxylation is 1. The quantitative estimate of drug-likeness (QED) is 0.449. The molecule has 7 heteroatoms. The number of methoxy groups -OCH3 is 1. The van der Waals surface area contributed by atoms with Gasteiger partial charge in [-0.3, -0.25) is 4.98 Å². The van der Waals surface area contributed by atoms with Gasteiger partial charge in [0, 0.05) is 6.20 Å². The van der Waals surface area contributed by atoms with Crippen LogP contribution >= 0.6 is 0 Å². The molecule has 146 valence electrons. The average molecular weight is 406 g/mol. The molecule has 3 rings (SSSR count). The van der Waals surface area contributed by atoms with Crippen molar-refractivity contribution in [2.75, 3.05) is 7.11 Å². The van der Waals surface area contributed by atoms with Gasteiger partial charge in [-0.15, -0.1) is 0 Å². The third kappa shape index (κ3) is 4.81. The highest BCUT2D eigenvalue weighted by atomic mass is 32.2. The first-order valence-electron chi connectivity index (χ1n) is 8.65. The summed E-state index contributed by atoms with van der Waals surface area (Å²) in [5.41, 5.74) is 2.49. The molecule has 0 amide bonds. The molecule has 0 spiro atoms. The molecule has 0 N–H and O–H groups in total. The summed E-state index contributed by atoms with van der Waals surface area (Å²) in [6.45, 7) is 1.87. The SMILES string of the molecule is COc1cc(C=C(C#N)c2ccccn2)ccc1OS(=O)(=O)c1ccc(C)cc1. The summed E-state index contributed by atoms with van der Waals surface area (Å²) in [6.07, 6.45) is 3.25. The zero-order valence-electron chi connectivity index (χ0n) is 15.9. The van der Waals surface area contributed by atoms with E-state index in [4.69, 9.17) is 8.92 Å². The maximum Gasteiger partial charge on any atom is 0.339 e. The second kappa shape index (κ2) is 8.59. The van der Waals surface area contributed by atoms with Gasteiger partial charge in [0.05, 0.1) is 18.4 Å². The predicted molar refractivity (Wildman–Crippen MR) is 110 cm³/mol. The molecule has 3 aromatic rings. The first kappa shape index (κ1) is 20.1. The van der Waals surface area contributed by atoms with Crippen LogP contribution in [0.4, 0.5) is 0 Å². The molecule has 0 radical (unpaired) electrons. The van der Waals surface area contributed by atoms with E-state index in [0.717, 1.165) is 5.56 Å². The maximum atomic E-state index is 12.5. The van der Waals surface area contributed by atoms with Crippen LogP contribution < -0.4 is 8.92 Å². The van der Waals surface area contributed by atoms with E-state index in [2.05, 4.69) is 11.1 Å². The third-order valence-corrected chi connectivity index (χ3v) is 5.32. The van der Waals surface area contributed by atoms with E-state index < -0.39 is 10.1 Å². The van der Waals surface area contributed by atoms with Gasteiger partial charge >= 0.3 is 10.1 Å². The number of nitriles is 1. The van der Waals surface area contributed by atoms with E-state index in [-0.39, 0.29) is 16.4 Å². The van der Waals surface area contributed by atoms with Crippen molar-refractivity contribution in [1.82, 2.24) is 4.98 Å². The Balaban J connectivity index is 1.92. The van der Waals surface area contributed by atoms with Crippen LogP contribution in [-0.4, -0.2) is 20.5 Å². The van der Waals surface area contributed by atoms with E-state index in [1.54, 1.807) is 54.7 Å². The smallest absolute Gasteiger partial charge is 0.339 e. The summed E-state index contributed by atoms with van der Waals surface area (Å²) in [4.78, 5) is 4.22. The number of pyridine rings is 1. The lowest BCUT2D eigenvalue weighted by Crippen LogP contribution is -2.10. The molecule has 0 bridgehead atoms. The predicted octanol–water partition coefficient (Wildman–Crippen LogP) is 4.23. The Labute approximate surface area is 169 Å². The molecule has 6 nitrogen and oxygen atoms in total. The van der Waals surface area contributed by atoms with Gasteiger partial charge in [0.1, 0.15) is 11.0 Å². The number of benzene rings is 2. The molecule has 0 unspecified atom stereocenters. The van der Waals surface area contributed by atoms with Crippen LogP contribution in [0, 0.1) is 18.3 Å². The minimum atomic E-state index is -4.00. The van der Waals surface area contributed by atoms with Crippen molar-refractivity contribution in [3.8, 4) is 17.6 Å². The van der Waals surface area contributed by atoms with Gasteiger partial charge in [-0.1, -0.05) is 29.8 Å². The molecule has 1 aromatic heterocycles. The molecular formula is C22H18N2O4S. The molecule has 0 aliphatic carbocycles. The summed E-state index contributed by atoms with van der Waals surface area (Å²) in [7, 11) is -2.59. The van der Waals surface area contributed by atoms with Crippen molar-refractivity contribution in [1.29, 1.82) is 5.26 Å². The lowest BCUT2D eigenvalue weighted by molar-refractivity contribution is 0.390. The van der Waals surface area contributed by atoms with Gasteiger partial charge in [-0.2, -0.15) is 13.7 Å². The van der Waals surface area contributed by atoms with E-state index in [1.165, 1.54) is 25.3 Å². The Bertz CT molecular complexity index is 1180. The molecular weight excluding hydrogens is 388 g/mol. The molecule has 0 saturated carbocycles. The van der Waals surface area contributed by atoms with Crippen molar-refractivity contribution in [2.45, 2.75) is 11.8 Å². The normalized spacial score (nSPS) is 11.6. The molecule has 29 heavy (non-hydrogen) atoms. The number of allylic oxidation sites excluding steroid dienone is 1. The standard InChI is InChI=1S/C22H18N2O4S/c1-16-6-9-19(10-7-16)29(25,26)28-21-11-8-17(14-22(21)27-2)13-18(15-23)20-5-3-4-12-24-20/h3-14H,1-2H3. The van der Waals surface area contributed by atoms with E-state index in [0.29, 0.717) is 16.8 Å². The molecule has 0 atom stereocenters. The topological polar surface area (TPSA) is 89.3 Å². The Hall–Kier alpha value is -3.63. The number of rotatable bonds is 6. The number of ether oxygens (including phenoxy) is 1. The van der Waals surface area contributed by atoms with Gasteiger partial charge in [0.2, 0.25) is 0 Å². The molecule has 0 saturated heterocycles. The van der Waals surface area contributed by atoms with Gasteiger partial charge in [0.15, 0.2) is 11.5 Å². The van der Waals surface area contributed by atoms with Crippen molar-refractivity contribution in [3.63, 3.8) is 0 Å². The van der Waals surface area contributed by atoms with E-state index >= 15 is 0 Å². The second-order valence-corrected chi connectivity index (χ2v) is 7.69. The minimum absolute atomic E-state index is 0.0519. The first-order valence-corrected chi connectivity index (χ1v) is 10.1. The lowest BCUT2D eigenvalue weighted by atomic mass is 10.1. The summed E-state index contributed by atoms with van der Waals surface area (Å²) in [5.74, 6) is 0.286. The van der Waals surface area contributed by atoms with Gasteiger partial charge in [-0.05, 0) is 55.0 Å². The van der Waals surface area contributed by atoms with Crippen LogP contribution in [0.1, 0.15) is 16.8 Å². The van der Waals surface area contributed by atoms with Gasteiger partial charge < -0.3 is 8.92 Å². The molecule has 2 aromatic carbocycles. The lowest BCUT2D eigenvalue weighted by Gasteiger charge is -2.11. The zero-order valence-corrected chi connectivity index (χ0v) is 16.7. The molecule has 0 fully saturated rings. The van der Waals surface area contributed by atoms with Crippen LogP contribution in [0.3, 0.4) is 0 Å². The van der Waals surface area contributed by atoms with Crippen LogP contribution in [0.2, 0.25) is 0 Å². The summed E-state index contributed by atoms with van der Waals surface area (Å²) >= 11 is 0. The van der Waals surface area contributed by atoms with Crippen LogP contribution in [-0.2, 0) is 10.1 Å². The van der Waals surface area contributed by atoms with Crippen LogP contribution in [0.15, 0.2) is 71.8 Å². The largest absolute Gasteiger partial charge is 0.493 e. The van der Waals surface area contributed by atoms with E-state index in [1.807, 2.05) is 6.92 Å². The highest BCUT2D eigenvalue weighted by molar-refractivity contribution is 7.87. The average Bonchev–Trinajstić information content (AvgIpc) is 2.73. The van der Waals surface area contributed by atoms with Crippen LogP contribution in [0.25, 0.3) is 11.6 Å². The number of hydrogen-bond donors (Lipinski definition) is 0. The Morgan fingerprint density at radius 2 is 1.83 bits per heavy atom. The minimum Gasteiger partial charge on any atom is -0.493 e. The van der Waals surface area contributed by atoms with Crippen molar-refractivity contribution >= 4 is 21.8 Å². The fourth-order valence-corrected chi connectivity index (χ4v) is 3.51. The monoisotopic (exact) mass is 406 g/mol. The van der Waals surface area contributed by atoms with Crippen molar-refractivity contribution in [3.05, 3.63) is 83.7 Å². The first-order chi connectivity index (χ1) is 13.9. The highest BCUT2D eigenvalue weighted by Crippen LogP contribution is 2.32. The van der Waals surface area contributed by atoms with Crippen LogP contribution in [0.5, 0.6) is 11.5 Å². The third-order valence-electron chi connectivity index (χ3n) is 4.07. The fourth-order valence-electron chi connectivity index (χ4n) is 2.57. The number of aromatic nitrogens is 1. The van der Waals surface area contributed by atoms with Gasteiger partial charge in [0.25, 0.3) is 0 Å². The molecule has 0 aliphatic rings. The fraction of sp³-hybridized carbons (Fsp3) is 0.0909. The van der Waals surface area contributed by atoms with Gasteiger partial charge in [-0.25, -0.2) is 0 Å².